The lowest BCUT2D eigenvalue weighted by molar-refractivity contribution is -0.136. The molecule has 0 fully saturated rings. The number of hydrogen-bond acceptors (Lipinski definition) is 8. The van der Waals surface area contributed by atoms with Crippen molar-refractivity contribution in [3.05, 3.63) is 29.4 Å². The van der Waals surface area contributed by atoms with Crippen LogP contribution in [-0.4, -0.2) is 82.5 Å². The largest absolute Gasteiger partial charge is 0.394 e. The number of amides is 1. The SMILES string of the molecule is C[C@@H]1CN([C@@H](C)CO)C(=O)CCCn2cc(nn2)CO[C@H]1CN(C)S(=O)(=O)c1cccs1. The highest BCUT2D eigenvalue weighted by Gasteiger charge is 2.31. The summed E-state index contributed by atoms with van der Waals surface area (Å²) in [7, 11) is -2.11. The molecule has 0 saturated carbocycles. The van der Waals surface area contributed by atoms with E-state index in [9.17, 15) is 18.3 Å². The molecule has 0 unspecified atom stereocenters. The van der Waals surface area contributed by atoms with Gasteiger partial charge in [-0.25, -0.2) is 8.42 Å². The molecule has 12 heteroatoms. The van der Waals surface area contributed by atoms with Crippen LogP contribution < -0.4 is 0 Å². The zero-order valence-electron chi connectivity index (χ0n) is 18.6. The molecule has 1 aliphatic heterocycles. The smallest absolute Gasteiger partial charge is 0.252 e. The van der Waals surface area contributed by atoms with E-state index in [0.717, 1.165) is 0 Å². The minimum absolute atomic E-state index is 0.0590. The number of nitrogens with zero attached hydrogens (tertiary/aromatic N) is 5. The van der Waals surface area contributed by atoms with Gasteiger partial charge in [0.15, 0.2) is 0 Å². The lowest BCUT2D eigenvalue weighted by atomic mass is 10.0. The van der Waals surface area contributed by atoms with Gasteiger partial charge in [-0.2, -0.15) is 4.31 Å². The zero-order chi connectivity index (χ0) is 23.3. The van der Waals surface area contributed by atoms with E-state index in [0.29, 0.717) is 31.6 Å². The maximum Gasteiger partial charge on any atom is 0.252 e. The number of carbonyl (C=O) groups is 1. The highest BCUT2D eigenvalue weighted by Crippen LogP contribution is 2.23. The third-order valence-electron chi connectivity index (χ3n) is 5.64. The third kappa shape index (κ3) is 5.93. The average molecular weight is 486 g/mol. The molecule has 3 atom stereocenters. The maximum atomic E-state index is 12.9. The zero-order valence-corrected chi connectivity index (χ0v) is 20.3. The first-order valence-electron chi connectivity index (χ1n) is 10.6. The summed E-state index contributed by atoms with van der Waals surface area (Å²) in [6.45, 7) is 4.79. The standard InChI is InChI=1S/C20H31N5O5S2/c1-15-10-25(16(2)13-26)19(27)6-4-8-24-11-17(21-22-24)14-30-18(15)12-23(3)32(28,29)20-7-5-9-31-20/h5,7,9,11,15-16,18,26H,4,6,8,10,12-14H2,1-3H3/t15-,16+,18+/m1/s1. The molecule has 0 aromatic carbocycles. The van der Waals surface area contributed by atoms with Crippen LogP contribution in [0.2, 0.25) is 0 Å². The maximum absolute atomic E-state index is 12.9. The number of ether oxygens (including phenoxy) is 1. The molecule has 1 amide bonds. The Labute approximate surface area is 192 Å². The number of hydrogen-bond donors (Lipinski definition) is 1. The molecular formula is C20H31N5O5S2. The average Bonchev–Trinajstić information content (AvgIpc) is 3.46. The van der Waals surface area contributed by atoms with Crippen molar-refractivity contribution >= 4 is 27.3 Å². The lowest BCUT2D eigenvalue weighted by Gasteiger charge is -2.35. The summed E-state index contributed by atoms with van der Waals surface area (Å²) in [4.78, 5) is 14.6. The van der Waals surface area contributed by atoms with E-state index in [1.165, 1.54) is 22.7 Å². The fourth-order valence-electron chi connectivity index (χ4n) is 3.61. The van der Waals surface area contributed by atoms with Crippen molar-refractivity contribution < 1.29 is 23.1 Å². The molecule has 32 heavy (non-hydrogen) atoms. The van der Waals surface area contributed by atoms with Crippen LogP contribution in [-0.2, 0) is 32.7 Å². The van der Waals surface area contributed by atoms with E-state index in [4.69, 9.17) is 4.74 Å². The van der Waals surface area contributed by atoms with Gasteiger partial charge in [-0.3, -0.25) is 9.48 Å². The Bertz CT molecular complexity index is 978. The Kier molecular flexibility index (Phi) is 8.39. The number of aromatic nitrogens is 3. The van der Waals surface area contributed by atoms with Crippen LogP contribution in [0.4, 0.5) is 0 Å². The second kappa shape index (κ2) is 10.8. The van der Waals surface area contributed by atoms with Crippen molar-refractivity contribution in [3.8, 4) is 0 Å². The van der Waals surface area contributed by atoms with E-state index in [-0.39, 0.29) is 41.8 Å². The lowest BCUT2D eigenvalue weighted by Crippen LogP contribution is -2.47. The molecular weight excluding hydrogens is 454 g/mol. The summed E-state index contributed by atoms with van der Waals surface area (Å²) in [5, 5.41) is 19.6. The summed E-state index contributed by atoms with van der Waals surface area (Å²) < 4.78 is 35.2. The summed E-state index contributed by atoms with van der Waals surface area (Å²) in [6, 6.07) is 2.93. The Morgan fingerprint density at radius 1 is 1.44 bits per heavy atom. The summed E-state index contributed by atoms with van der Waals surface area (Å²) in [6.07, 6.45) is 2.22. The molecule has 2 aromatic heterocycles. The third-order valence-corrected chi connectivity index (χ3v) is 8.84. The number of thiophene rings is 1. The van der Waals surface area contributed by atoms with Crippen LogP contribution in [0, 0.1) is 5.92 Å². The van der Waals surface area contributed by atoms with Crippen LogP contribution >= 0.6 is 11.3 Å². The molecule has 10 nitrogen and oxygen atoms in total. The predicted molar refractivity (Wildman–Crippen MR) is 119 cm³/mol. The van der Waals surface area contributed by atoms with Crippen LogP contribution in [0.5, 0.6) is 0 Å². The monoisotopic (exact) mass is 485 g/mol. The second-order valence-corrected chi connectivity index (χ2v) is 11.4. The number of aliphatic hydroxyl groups is 1. The molecule has 0 spiro atoms. The number of aryl methyl sites for hydroxylation is 1. The number of likely N-dealkylation sites (N-methyl/N-ethyl adjacent to an activating group) is 1. The van der Waals surface area contributed by atoms with Crippen molar-refractivity contribution in [2.24, 2.45) is 5.92 Å². The first-order chi connectivity index (χ1) is 15.2. The van der Waals surface area contributed by atoms with Gasteiger partial charge in [0.1, 0.15) is 9.90 Å². The van der Waals surface area contributed by atoms with E-state index >= 15 is 0 Å². The van der Waals surface area contributed by atoms with Gasteiger partial charge in [-0.1, -0.05) is 18.2 Å². The fourth-order valence-corrected chi connectivity index (χ4v) is 5.99. The van der Waals surface area contributed by atoms with E-state index < -0.39 is 16.1 Å². The van der Waals surface area contributed by atoms with Crippen molar-refractivity contribution in [2.45, 2.75) is 56.2 Å². The second-order valence-electron chi connectivity index (χ2n) is 8.20. The first-order valence-corrected chi connectivity index (χ1v) is 12.9. The minimum Gasteiger partial charge on any atom is -0.394 e. The van der Waals surface area contributed by atoms with Crippen LogP contribution in [0.15, 0.2) is 27.9 Å². The van der Waals surface area contributed by atoms with Crippen molar-refractivity contribution in [1.82, 2.24) is 24.2 Å². The van der Waals surface area contributed by atoms with Gasteiger partial charge >= 0.3 is 0 Å². The molecule has 0 radical (unpaired) electrons. The molecule has 178 valence electrons. The number of rotatable bonds is 6. The van der Waals surface area contributed by atoms with Gasteiger partial charge in [-0.05, 0) is 24.8 Å². The predicted octanol–water partition coefficient (Wildman–Crippen LogP) is 1.18. The van der Waals surface area contributed by atoms with E-state index in [2.05, 4.69) is 10.3 Å². The summed E-state index contributed by atoms with van der Waals surface area (Å²) in [5.74, 6) is -0.249. The van der Waals surface area contributed by atoms with Crippen molar-refractivity contribution in [2.75, 3.05) is 26.7 Å². The summed E-state index contributed by atoms with van der Waals surface area (Å²) in [5.41, 5.74) is 0.650. The molecule has 1 N–H and O–H groups in total. The van der Waals surface area contributed by atoms with Crippen LogP contribution in [0.3, 0.4) is 0 Å². The normalized spacial score (nSPS) is 22.3. The molecule has 1 aliphatic rings. The van der Waals surface area contributed by atoms with Crippen molar-refractivity contribution in [3.63, 3.8) is 0 Å². The Balaban J connectivity index is 1.84. The van der Waals surface area contributed by atoms with Crippen molar-refractivity contribution in [1.29, 1.82) is 0 Å². The van der Waals surface area contributed by atoms with Gasteiger partial charge in [0.25, 0.3) is 10.0 Å². The first kappa shape index (κ1) is 24.8. The van der Waals surface area contributed by atoms with Gasteiger partial charge < -0.3 is 14.7 Å². The fraction of sp³-hybridized carbons (Fsp3) is 0.650. The molecule has 0 aliphatic carbocycles. The Morgan fingerprint density at radius 3 is 2.91 bits per heavy atom. The van der Waals surface area contributed by atoms with Gasteiger partial charge in [0.2, 0.25) is 5.91 Å². The Morgan fingerprint density at radius 2 is 2.22 bits per heavy atom. The van der Waals surface area contributed by atoms with Gasteiger partial charge in [-0.15, -0.1) is 16.4 Å². The number of aliphatic hydroxyl groups excluding tert-OH is 1. The molecule has 2 aromatic rings. The van der Waals surface area contributed by atoms with Gasteiger partial charge in [0.05, 0.1) is 31.6 Å². The molecule has 2 bridgehead atoms. The van der Waals surface area contributed by atoms with Gasteiger partial charge in [0, 0.05) is 39.0 Å². The Hall–Kier alpha value is -1.86. The topological polar surface area (TPSA) is 118 Å². The van der Waals surface area contributed by atoms with E-state index in [1.54, 1.807) is 40.2 Å². The highest BCUT2D eigenvalue weighted by molar-refractivity contribution is 7.91. The molecule has 3 rings (SSSR count). The highest BCUT2D eigenvalue weighted by atomic mass is 32.2. The molecule has 0 saturated heterocycles. The number of sulfonamides is 1. The van der Waals surface area contributed by atoms with Crippen LogP contribution in [0.25, 0.3) is 0 Å². The number of carbonyl (C=O) groups excluding carboxylic acids is 1. The van der Waals surface area contributed by atoms with E-state index in [1.807, 2.05) is 6.92 Å². The minimum atomic E-state index is -3.64. The summed E-state index contributed by atoms with van der Waals surface area (Å²) >= 11 is 1.17. The van der Waals surface area contributed by atoms with Crippen LogP contribution in [0.1, 0.15) is 32.4 Å². The quantitative estimate of drug-likeness (QED) is 0.653. The molecule has 3 heterocycles. The number of fused-ring (bicyclic) bond motifs is 2.